The Kier molecular flexibility index (Phi) is 4.30. The summed E-state index contributed by atoms with van der Waals surface area (Å²) < 4.78 is 1.67. The van der Waals surface area contributed by atoms with E-state index in [2.05, 4.69) is 46.5 Å². The molecule has 0 radical (unpaired) electrons. The summed E-state index contributed by atoms with van der Waals surface area (Å²) in [6, 6.07) is 0. The first-order valence-corrected chi connectivity index (χ1v) is 6.91. The summed E-state index contributed by atoms with van der Waals surface area (Å²) in [5, 5.41) is 10.2. The van der Waals surface area contributed by atoms with Crippen molar-refractivity contribution in [1.29, 1.82) is 0 Å². The van der Waals surface area contributed by atoms with Crippen LogP contribution in [0.2, 0.25) is 0 Å². The van der Waals surface area contributed by atoms with Crippen molar-refractivity contribution < 1.29 is 4.79 Å². The van der Waals surface area contributed by atoms with Crippen LogP contribution in [0, 0.1) is 5.41 Å². The summed E-state index contributed by atoms with van der Waals surface area (Å²) in [6.07, 6.45) is 4.88. The molecule has 8 heteroatoms. The van der Waals surface area contributed by atoms with Gasteiger partial charge >= 0.3 is 0 Å². The van der Waals surface area contributed by atoms with Crippen molar-refractivity contribution in [3.63, 3.8) is 0 Å². The smallest absolute Gasteiger partial charge is 0.254 e. The van der Waals surface area contributed by atoms with Gasteiger partial charge in [-0.25, -0.2) is 4.98 Å². The number of nitrogens with one attached hydrogen (secondary N) is 2. The van der Waals surface area contributed by atoms with Gasteiger partial charge in [0.15, 0.2) is 0 Å². The van der Waals surface area contributed by atoms with E-state index in [4.69, 9.17) is 5.73 Å². The first-order valence-electron chi connectivity index (χ1n) is 6.91. The third-order valence-corrected chi connectivity index (χ3v) is 2.80. The molecular formula is C14H21N7O. The highest BCUT2D eigenvalue weighted by Gasteiger charge is 2.16. The topological polar surface area (TPSA) is 111 Å². The molecule has 0 aliphatic carbocycles. The zero-order valence-corrected chi connectivity index (χ0v) is 13.2. The van der Waals surface area contributed by atoms with Crippen molar-refractivity contribution in [2.75, 3.05) is 17.2 Å². The van der Waals surface area contributed by atoms with Gasteiger partial charge in [-0.15, -0.1) is 0 Å². The molecule has 2 aromatic rings. The van der Waals surface area contributed by atoms with E-state index in [1.54, 1.807) is 17.1 Å². The molecular weight excluding hydrogens is 282 g/mol. The lowest BCUT2D eigenvalue weighted by Crippen LogP contribution is -2.23. The molecule has 0 spiro atoms. The van der Waals surface area contributed by atoms with Crippen LogP contribution in [0.3, 0.4) is 0 Å². The van der Waals surface area contributed by atoms with Crippen molar-refractivity contribution in [3.8, 4) is 0 Å². The summed E-state index contributed by atoms with van der Waals surface area (Å²) in [6.45, 7) is 6.90. The fourth-order valence-electron chi connectivity index (χ4n) is 1.72. The Hall–Kier alpha value is -2.64. The Bertz CT molecular complexity index is 672. The van der Waals surface area contributed by atoms with Crippen LogP contribution >= 0.6 is 0 Å². The second kappa shape index (κ2) is 6.00. The summed E-state index contributed by atoms with van der Waals surface area (Å²) in [5.74, 6) is 0.225. The monoisotopic (exact) mass is 303 g/mol. The molecule has 1 amide bonds. The van der Waals surface area contributed by atoms with Crippen LogP contribution in [0.1, 0.15) is 31.1 Å². The van der Waals surface area contributed by atoms with Crippen LogP contribution in [-0.4, -0.2) is 32.2 Å². The normalized spacial score (nSPS) is 11.3. The van der Waals surface area contributed by atoms with Gasteiger partial charge in [0.05, 0.1) is 17.4 Å². The van der Waals surface area contributed by atoms with Crippen molar-refractivity contribution in [2.45, 2.75) is 20.8 Å². The average Bonchev–Trinajstić information content (AvgIpc) is 2.81. The molecule has 118 valence electrons. The number of rotatable bonds is 5. The predicted molar refractivity (Wildman–Crippen MR) is 85.0 cm³/mol. The van der Waals surface area contributed by atoms with Crippen LogP contribution < -0.4 is 16.4 Å². The number of primary amides is 1. The molecule has 0 saturated heterocycles. The van der Waals surface area contributed by atoms with Crippen LogP contribution in [0.4, 0.5) is 17.5 Å². The quantitative estimate of drug-likeness (QED) is 0.772. The van der Waals surface area contributed by atoms with Gasteiger partial charge in [0.1, 0.15) is 5.82 Å². The molecule has 2 heterocycles. The number of aromatic nitrogens is 4. The Morgan fingerprint density at radius 1 is 1.36 bits per heavy atom. The predicted octanol–water partition coefficient (Wildman–Crippen LogP) is 1.51. The maximum atomic E-state index is 11.5. The first kappa shape index (κ1) is 15.7. The summed E-state index contributed by atoms with van der Waals surface area (Å²) >= 11 is 0. The number of hydrogen-bond acceptors (Lipinski definition) is 6. The zero-order valence-electron chi connectivity index (χ0n) is 13.2. The number of carbonyl (C=O) groups excluding carboxylic acids is 1. The van der Waals surface area contributed by atoms with E-state index in [-0.39, 0.29) is 11.0 Å². The molecule has 0 fully saturated rings. The number of aryl methyl sites for hydroxylation is 1. The largest absolute Gasteiger partial charge is 0.369 e. The van der Waals surface area contributed by atoms with Gasteiger partial charge in [0.2, 0.25) is 5.95 Å². The van der Waals surface area contributed by atoms with Crippen molar-refractivity contribution in [1.82, 2.24) is 19.7 Å². The molecule has 0 atom stereocenters. The van der Waals surface area contributed by atoms with Gasteiger partial charge in [-0.05, 0) is 5.41 Å². The molecule has 0 unspecified atom stereocenters. The number of carbonyl (C=O) groups is 1. The standard InChI is InChI=1S/C14H21N7O/c1-14(2,3)8-17-12-10(11(15)22)6-16-13(20-12)19-9-5-18-21(4)7-9/h5-7H,8H2,1-4H3,(H2,15,22)(H2,16,17,19,20). The molecule has 2 rings (SSSR count). The number of nitrogens with zero attached hydrogens (tertiary/aromatic N) is 4. The fraction of sp³-hybridized carbons (Fsp3) is 0.429. The van der Waals surface area contributed by atoms with Crippen LogP contribution in [0.15, 0.2) is 18.6 Å². The third kappa shape index (κ3) is 4.18. The van der Waals surface area contributed by atoms with Crippen LogP contribution in [0.25, 0.3) is 0 Å². The Morgan fingerprint density at radius 3 is 2.64 bits per heavy atom. The molecule has 0 aliphatic rings. The lowest BCUT2D eigenvalue weighted by atomic mass is 9.97. The molecule has 0 aliphatic heterocycles. The van der Waals surface area contributed by atoms with E-state index in [0.717, 1.165) is 5.69 Å². The number of nitrogens with two attached hydrogens (primary N) is 1. The molecule has 22 heavy (non-hydrogen) atoms. The fourth-order valence-corrected chi connectivity index (χ4v) is 1.72. The first-order chi connectivity index (χ1) is 10.2. The highest BCUT2D eigenvalue weighted by molar-refractivity contribution is 5.97. The Morgan fingerprint density at radius 2 is 2.09 bits per heavy atom. The van der Waals surface area contributed by atoms with Crippen molar-refractivity contribution in [2.24, 2.45) is 18.2 Å². The minimum Gasteiger partial charge on any atom is -0.369 e. The maximum Gasteiger partial charge on any atom is 0.254 e. The van der Waals surface area contributed by atoms with Crippen LogP contribution in [-0.2, 0) is 7.05 Å². The molecule has 8 nitrogen and oxygen atoms in total. The second-order valence-corrected chi connectivity index (χ2v) is 6.26. The van der Waals surface area contributed by atoms with Gasteiger partial charge in [0, 0.05) is 26.0 Å². The highest BCUT2D eigenvalue weighted by atomic mass is 16.1. The summed E-state index contributed by atoms with van der Waals surface area (Å²) in [5.41, 5.74) is 6.43. The zero-order chi connectivity index (χ0) is 16.3. The van der Waals surface area contributed by atoms with Crippen molar-refractivity contribution in [3.05, 3.63) is 24.2 Å². The summed E-state index contributed by atoms with van der Waals surface area (Å²) in [7, 11) is 1.82. The Balaban J connectivity index is 2.24. The van der Waals surface area contributed by atoms with Crippen molar-refractivity contribution >= 4 is 23.4 Å². The second-order valence-electron chi connectivity index (χ2n) is 6.26. The number of amides is 1. The van der Waals surface area contributed by atoms with E-state index in [1.807, 2.05) is 7.05 Å². The maximum absolute atomic E-state index is 11.5. The number of hydrogen-bond donors (Lipinski definition) is 3. The molecule has 0 bridgehead atoms. The lowest BCUT2D eigenvalue weighted by Gasteiger charge is -2.20. The highest BCUT2D eigenvalue weighted by Crippen LogP contribution is 2.19. The van der Waals surface area contributed by atoms with E-state index in [0.29, 0.717) is 18.3 Å². The molecule has 0 aromatic carbocycles. The molecule has 4 N–H and O–H groups in total. The van der Waals surface area contributed by atoms with E-state index in [1.165, 1.54) is 6.20 Å². The Labute approximate surface area is 129 Å². The van der Waals surface area contributed by atoms with E-state index in [9.17, 15) is 4.79 Å². The summed E-state index contributed by atoms with van der Waals surface area (Å²) in [4.78, 5) is 19.9. The average molecular weight is 303 g/mol. The SMILES string of the molecule is Cn1cc(Nc2ncc(C(N)=O)c(NCC(C)(C)C)n2)cn1. The van der Waals surface area contributed by atoms with E-state index < -0.39 is 5.91 Å². The van der Waals surface area contributed by atoms with Gasteiger partial charge in [-0.3, -0.25) is 9.48 Å². The van der Waals surface area contributed by atoms with E-state index >= 15 is 0 Å². The van der Waals surface area contributed by atoms with Gasteiger partial charge < -0.3 is 16.4 Å². The number of anilines is 3. The third-order valence-electron chi connectivity index (χ3n) is 2.80. The molecule has 0 saturated carbocycles. The molecule has 2 aromatic heterocycles. The minimum atomic E-state index is -0.565. The van der Waals surface area contributed by atoms with Gasteiger partial charge in [-0.1, -0.05) is 20.8 Å². The lowest BCUT2D eigenvalue weighted by molar-refractivity contribution is 0.100. The van der Waals surface area contributed by atoms with Crippen LogP contribution in [0.5, 0.6) is 0 Å². The van der Waals surface area contributed by atoms with Gasteiger partial charge in [-0.2, -0.15) is 10.1 Å². The minimum absolute atomic E-state index is 0.0385. The van der Waals surface area contributed by atoms with Gasteiger partial charge in [0.25, 0.3) is 5.91 Å².